The first-order chi connectivity index (χ1) is 9.77. The number of nitrogens with one attached hydrogen (secondary N) is 1. The van der Waals surface area contributed by atoms with Crippen molar-refractivity contribution in [3.05, 3.63) is 10.9 Å². The molecule has 1 unspecified atom stereocenters. The number of thiophene rings is 1. The molecule has 2 heterocycles. The van der Waals surface area contributed by atoms with E-state index in [1.807, 2.05) is 0 Å². The van der Waals surface area contributed by atoms with Gasteiger partial charge in [0.25, 0.3) is 0 Å². The van der Waals surface area contributed by atoms with Crippen molar-refractivity contribution in [2.24, 2.45) is 11.3 Å². The maximum absolute atomic E-state index is 5.52. The van der Waals surface area contributed by atoms with Crippen LogP contribution in [-0.4, -0.2) is 23.1 Å². The third-order valence-corrected chi connectivity index (χ3v) is 5.24. The monoisotopic (exact) mass is 307 g/mol. The predicted octanol–water partition coefficient (Wildman–Crippen LogP) is 3.41. The molecule has 3 N–H and O–H groups in total. The van der Waals surface area contributed by atoms with Crippen LogP contribution in [0, 0.1) is 5.41 Å². The summed E-state index contributed by atoms with van der Waals surface area (Å²) >= 11 is 1.70. The fourth-order valence-electron chi connectivity index (χ4n) is 2.23. The maximum atomic E-state index is 5.52. The summed E-state index contributed by atoms with van der Waals surface area (Å²) in [5.41, 5.74) is 2.74. The summed E-state index contributed by atoms with van der Waals surface area (Å²) in [5, 5.41) is 1.11. The molecule has 0 spiro atoms. The molecular formula is C15H25N5S. The fraction of sp³-hybridized carbons (Fsp3) is 0.600. The summed E-state index contributed by atoms with van der Waals surface area (Å²) in [6, 6.07) is 2.54. The van der Waals surface area contributed by atoms with Crippen molar-refractivity contribution in [2.45, 2.75) is 47.1 Å². The minimum atomic E-state index is 0.159. The summed E-state index contributed by atoms with van der Waals surface area (Å²) < 4.78 is 0. The largest absolute Gasteiger partial charge is 0.356 e. The molecule has 0 saturated heterocycles. The molecule has 0 aliphatic rings. The van der Waals surface area contributed by atoms with E-state index in [-0.39, 0.29) is 5.41 Å². The molecule has 0 saturated carbocycles. The Hall–Kier alpha value is -1.40. The van der Waals surface area contributed by atoms with Crippen LogP contribution in [0.2, 0.25) is 0 Å². The molecule has 0 aliphatic heterocycles. The van der Waals surface area contributed by atoms with Crippen molar-refractivity contribution in [3.8, 4) is 0 Å². The van der Waals surface area contributed by atoms with E-state index in [1.165, 1.54) is 4.88 Å². The smallest absolute Gasteiger partial charge is 0.240 e. The zero-order valence-electron chi connectivity index (χ0n) is 13.7. The standard InChI is InChI=1S/C15H25N5S/c1-7-10-8-11-12(20(6)9(2)15(3,4)5)17-14(19-16)18-13(11)21-10/h8-9H,7,16H2,1-6H3,(H,17,18,19). The highest BCUT2D eigenvalue weighted by atomic mass is 32.1. The second-order valence-electron chi connectivity index (χ2n) is 6.45. The van der Waals surface area contributed by atoms with Crippen LogP contribution in [0.3, 0.4) is 0 Å². The van der Waals surface area contributed by atoms with Gasteiger partial charge < -0.3 is 4.90 Å². The van der Waals surface area contributed by atoms with Crippen LogP contribution >= 0.6 is 11.3 Å². The molecule has 0 aromatic carbocycles. The third-order valence-electron chi connectivity index (χ3n) is 4.07. The van der Waals surface area contributed by atoms with E-state index in [0.717, 1.165) is 22.5 Å². The first kappa shape index (κ1) is 16.0. The van der Waals surface area contributed by atoms with Gasteiger partial charge in [-0.05, 0) is 24.8 Å². The highest BCUT2D eigenvalue weighted by Gasteiger charge is 2.26. The summed E-state index contributed by atoms with van der Waals surface area (Å²) in [6.45, 7) is 11.1. The predicted molar refractivity (Wildman–Crippen MR) is 91.9 cm³/mol. The molecule has 0 aliphatic carbocycles. The molecule has 2 aromatic rings. The fourth-order valence-corrected chi connectivity index (χ4v) is 3.19. The minimum Gasteiger partial charge on any atom is -0.356 e. The Morgan fingerprint density at radius 2 is 2.05 bits per heavy atom. The summed E-state index contributed by atoms with van der Waals surface area (Å²) in [5.74, 6) is 6.93. The van der Waals surface area contributed by atoms with Crippen LogP contribution in [0.4, 0.5) is 11.8 Å². The molecule has 6 heteroatoms. The first-order valence-electron chi connectivity index (χ1n) is 7.27. The molecule has 5 nitrogen and oxygen atoms in total. The zero-order valence-corrected chi connectivity index (χ0v) is 14.5. The van der Waals surface area contributed by atoms with E-state index in [4.69, 9.17) is 5.84 Å². The Balaban J connectivity index is 2.57. The van der Waals surface area contributed by atoms with Gasteiger partial charge in [0.2, 0.25) is 5.95 Å². The second kappa shape index (κ2) is 5.77. The quantitative estimate of drug-likeness (QED) is 0.669. The van der Waals surface area contributed by atoms with E-state index in [2.05, 4.69) is 68.0 Å². The SMILES string of the molecule is CCc1cc2c(N(C)C(C)C(C)(C)C)nc(NN)nc2s1. The molecule has 21 heavy (non-hydrogen) atoms. The molecule has 2 aromatic heterocycles. The van der Waals surface area contributed by atoms with Crippen molar-refractivity contribution in [3.63, 3.8) is 0 Å². The molecule has 0 amide bonds. The number of anilines is 2. The number of hydrogen-bond acceptors (Lipinski definition) is 6. The van der Waals surface area contributed by atoms with Crippen molar-refractivity contribution >= 4 is 33.3 Å². The molecule has 0 radical (unpaired) electrons. The van der Waals surface area contributed by atoms with E-state index in [1.54, 1.807) is 11.3 Å². The average Bonchev–Trinajstić information content (AvgIpc) is 2.86. The van der Waals surface area contributed by atoms with Gasteiger partial charge in [-0.25, -0.2) is 10.8 Å². The number of rotatable bonds is 4. The summed E-state index contributed by atoms with van der Waals surface area (Å²) in [4.78, 5) is 13.6. The first-order valence-corrected chi connectivity index (χ1v) is 8.09. The highest BCUT2D eigenvalue weighted by Crippen LogP contribution is 2.35. The lowest BCUT2D eigenvalue weighted by atomic mass is 9.87. The number of fused-ring (bicyclic) bond motifs is 1. The molecule has 116 valence electrons. The molecule has 2 rings (SSSR count). The van der Waals surface area contributed by atoms with Gasteiger partial charge in [-0.1, -0.05) is 27.7 Å². The lowest BCUT2D eigenvalue weighted by Gasteiger charge is -2.36. The van der Waals surface area contributed by atoms with Gasteiger partial charge in [0, 0.05) is 18.0 Å². The Kier molecular flexibility index (Phi) is 4.39. The van der Waals surface area contributed by atoms with Crippen LogP contribution in [0.1, 0.15) is 39.5 Å². The Morgan fingerprint density at radius 3 is 2.57 bits per heavy atom. The minimum absolute atomic E-state index is 0.159. The molecule has 1 atom stereocenters. The number of aryl methyl sites for hydroxylation is 1. The van der Waals surface area contributed by atoms with E-state index < -0.39 is 0 Å². The van der Waals surface area contributed by atoms with Crippen LogP contribution < -0.4 is 16.2 Å². The van der Waals surface area contributed by atoms with Gasteiger partial charge in [-0.3, -0.25) is 5.43 Å². The van der Waals surface area contributed by atoms with Crippen molar-refractivity contribution in [2.75, 3.05) is 17.4 Å². The van der Waals surface area contributed by atoms with Gasteiger partial charge in [-0.2, -0.15) is 4.98 Å². The van der Waals surface area contributed by atoms with Crippen molar-refractivity contribution in [1.82, 2.24) is 9.97 Å². The highest BCUT2D eigenvalue weighted by molar-refractivity contribution is 7.18. The normalized spacial score (nSPS) is 13.5. The number of nitrogens with zero attached hydrogens (tertiary/aromatic N) is 3. The number of nitrogens with two attached hydrogens (primary N) is 1. The van der Waals surface area contributed by atoms with E-state index >= 15 is 0 Å². The Labute approximate surface area is 130 Å². The maximum Gasteiger partial charge on any atom is 0.240 e. The lowest BCUT2D eigenvalue weighted by Crippen LogP contribution is -2.40. The van der Waals surface area contributed by atoms with Gasteiger partial charge in [0.1, 0.15) is 10.6 Å². The van der Waals surface area contributed by atoms with Crippen LogP contribution in [0.5, 0.6) is 0 Å². The topological polar surface area (TPSA) is 67.1 Å². The van der Waals surface area contributed by atoms with E-state index in [9.17, 15) is 0 Å². The third kappa shape index (κ3) is 3.11. The number of nitrogen functional groups attached to an aromatic ring is 1. The molecular weight excluding hydrogens is 282 g/mol. The van der Waals surface area contributed by atoms with Gasteiger partial charge in [0.05, 0.1) is 5.39 Å². The number of aromatic nitrogens is 2. The number of hydrazine groups is 1. The van der Waals surface area contributed by atoms with Crippen LogP contribution in [-0.2, 0) is 6.42 Å². The summed E-state index contributed by atoms with van der Waals surface area (Å²) in [7, 11) is 2.08. The molecule has 0 fully saturated rings. The summed E-state index contributed by atoms with van der Waals surface area (Å²) in [6.07, 6.45) is 1.00. The number of hydrogen-bond donors (Lipinski definition) is 2. The van der Waals surface area contributed by atoms with E-state index in [0.29, 0.717) is 12.0 Å². The van der Waals surface area contributed by atoms with Crippen LogP contribution in [0.15, 0.2) is 6.07 Å². The van der Waals surface area contributed by atoms with Gasteiger partial charge in [0.15, 0.2) is 0 Å². The Morgan fingerprint density at radius 1 is 1.38 bits per heavy atom. The second-order valence-corrected chi connectivity index (χ2v) is 7.57. The van der Waals surface area contributed by atoms with Gasteiger partial charge >= 0.3 is 0 Å². The van der Waals surface area contributed by atoms with Crippen LogP contribution in [0.25, 0.3) is 10.2 Å². The average molecular weight is 307 g/mol. The lowest BCUT2D eigenvalue weighted by molar-refractivity contribution is 0.329. The zero-order chi connectivity index (χ0) is 15.8. The Bertz CT molecular complexity index is 629. The molecule has 0 bridgehead atoms. The van der Waals surface area contributed by atoms with Crippen molar-refractivity contribution in [1.29, 1.82) is 0 Å². The van der Waals surface area contributed by atoms with Crippen molar-refractivity contribution < 1.29 is 0 Å². The van der Waals surface area contributed by atoms with Gasteiger partial charge in [-0.15, -0.1) is 11.3 Å².